The molecule has 2 aromatic heterocycles. The van der Waals surface area contributed by atoms with Crippen LogP contribution in [0.15, 0.2) is 41.2 Å². The molecule has 2 atom stereocenters. The van der Waals surface area contributed by atoms with Crippen LogP contribution in [0.3, 0.4) is 0 Å². The molecule has 42 heavy (non-hydrogen) atoms. The largest absolute Gasteiger partial charge is 0.447 e. The molecule has 12 heteroatoms. The average molecular weight is 582 g/mol. The lowest BCUT2D eigenvalue weighted by Crippen LogP contribution is -2.45. The number of carbonyl (C=O) groups is 2. The molecule has 0 aliphatic carbocycles. The lowest BCUT2D eigenvalue weighted by Gasteiger charge is -2.33. The van der Waals surface area contributed by atoms with Crippen molar-refractivity contribution < 1.29 is 14.3 Å². The van der Waals surface area contributed by atoms with E-state index in [1.807, 2.05) is 31.2 Å². The summed E-state index contributed by atoms with van der Waals surface area (Å²) in [5, 5.41) is 16.8. The summed E-state index contributed by atoms with van der Waals surface area (Å²) < 4.78 is 6.89. The first kappa shape index (κ1) is 26.2. The molecule has 4 aromatic rings. The lowest BCUT2D eigenvalue weighted by atomic mass is 9.97. The van der Waals surface area contributed by atoms with Crippen LogP contribution in [0.5, 0.6) is 0 Å². The molecule has 0 spiro atoms. The molecule has 3 aliphatic heterocycles. The summed E-state index contributed by atoms with van der Waals surface area (Å²) in [6, 6.07) is 13.1. The Labute approximate surface area is 244 Å². The van der Waals surface area contributed by atoms with Crippen molar-refractivity contribution in [3.05, 3.63) is 74.3 Å². The number of piperidine rings is 1. The first-order chi connectivity index (χ1) is 20.4. The predicted octanol–water partition coefficient (Wildman–Crippen LogP) is 3.43. The van der Waals surface area contributed by atoms with Gasteiger partial charge < -0.3 is 20.3 Å². The number of nitriles is 1. The Hall–Kier alpha value is -4.76. The second-order valence-corrected chi connectivity index (χ2v) is 11.9. The predicted molar refractivity (Wildman–Crippen MR) is 157 cm³/mol. The number of amides is 2. The molecule has 0 bridgehead atoms. The maximum Gasteiger partial charge on any atom is 0.410 e. The number of aromatic nitrogens is 3. The van der Waals surface area contributed by atoms with Gasteiger partial charge in [-0.1, -0.05) is 12.1 Å². The van der Waals surface area contributed by atoms with Crippen LogP contribution in [0.25, 0.3) is 21.5 Å². The van der Waals surface area contributed by atoms with Gasteiger partial charge in [0.15, 0.2) is 0 Å². The van der Waals surface area contributed by atoms with Crippen molar-refractivity contribution in [1.29, 1.82) is 5.26 Å². The van der Waals surface area contributed by atoms with E-state index in [9.17, 15) is 14.4 Å². The van der Waals surface area contributed by atoms with E-state index in [1.165, 1.54) is 11.3 Å². The van der Waals surface area contributed by atoms with Gasteiger partial charge in [-0.3, -0.25) is 14.2 Å². The molecular formula is C30H27N7O4S. The number of thiazole rings is 1. The summed E-state index contributed by atoms with van der Waals surface area (Å²) in [6.45, 7) is 3.65. The van der Waals surface area contributed by atoms with Crippen LogP contribution in [-0.4, -0.2) is 63.2 Å². The maximum atomic E-state index is 13.9. The first-order valence-electron chi connectivity index (χ1n) is 13.9. The molecule has 2 N–H and O–H groups in total. The molecule has 2 fully saturated rings. The standard InChI is InChI=1S/C30H27N7O4S/c1-16-33-25-11-21(28-35-23-6-8-32-27(38)26(23)42-28)24(34-19-7-9-36-20(10-19)15-41-30(36)40)12-22(25)29(39)37(16)14-18-4-2-17(13-31)3-5-18/h2-5,11-12,19-20,34H,6-10,14-15H2,1H3,(H,32,38)/t19-,20-/m0/s1. The number of cyclic esters (lactones) is 1. The molecular weight excluding hydrogens is 554 g/mol. The molecule has 0 saturated carbocycles. The van der Waals surface area contributed by atoms with Gasteiger partial charge >= 0.3 is 6.09 Å². The molecule has 2 aromatic carbocycles. The van der Waals surface area contributed by atoms with Crippen LogP contribution < -0.4 is 16.2 Å². The Kier molecular flexibility index (Phi) is 6.39. The monoisotopic (exact) mass is 581 g/mol. The Balaban J connectivity index is 1.31. The number of fused-ring (bicyclic) bond motifs is 3. The molecule has 0 unspecified atom stereocenters. The lowest BCUT2D eigenvalue weighted by molar-refractivity contribution is 0.0949. The number of hydrogen-bond donors (Lipinski definition) is 2. The van der Waals surface area contributed by atoms with Gasteiger partial charge in [-0.15, -0.1) is 11.3 Å². The number of ether oxygens (including phenoxy) is 1. The van der Waals surface area contributed by atoms with Crippen LogP contribution in [0, 0.1) is 18.3 Å². The normalized spacial score (nSPS) is 19.6. The van der Waals surface area contributed by atoms with Crippen molar-refractivity contribution in [2.24, 2.45) is 0 Å². The van der Waals surface area contributed by atoms with Crippen LogP contribution in [0.1, 0.15) is 45.2 Å². The average Bonchev–Trinajstić information content (AvgIpc) is 3.60. The van der Waals surface area contributed by atoms with E-state index < -0.39 is 0 Å². The Bertz CT molecular complexity index is 1860. The summed E-state index contributed by atoms with van der Waals surface area (Å²) in [7, 11) is 0. The van der Waals surface area contributed by atoms with Gasteiger partial charge in [0.25, 0.3) is 11.5 Å². The molecule has 5 heterocycles. The minimum atomic E-state index is -0.263. The summed E-state index contributed by atoms with van der Waals surface area (Å²) in [5.41, 5.74) is 4.14. The Morgan fingerprint density at radius 3 is 2.81 bits per heavy atom. The fourth-order valence-electron chi connectivity index (χ4n) is 5.97. The third kappa shape index (κ3) is 4.55. The van der Waals surface area contributed by atoms with Gasteiger partial charge in [-0.2, -0.15) is 5.26 Å². The number of anilines is 1. The number of benzene rings is 2. The van der Waals surface area contributed by atoms with Gasteiger partial charge in [-0.05, 0) is 49.6 Å². The van der Waals surface area contributed by atoms with Crippen LogP contribution in [0.4, 0.5) is 10.5 Å². The SMILES string of the molecule is Cc1nc2cc(-c3nc4c(s3)C(=O)NCC4)c(N[C@H]3CCN4C(=O)OC[C@@H]4C3)cc2c(=O)n1Cc1ccc(C#N)cc1. The van der Waals surface area contributed by atoms with Crippen LogP contribution in [-0.2, 0) is 17.7 Å². The molecule has 7 rings (SSSR count). The van der Waals surface area contributed by atoms with Crippen molar-refractivity contribution in [3.8, 4) is 16.6 Å². The third-order valence-corrected chi connectivity index (χ3v) is 9.33. The highest BCUT2D eigenvalue weighted by atomic mass is 32.1. The number of rotatable bonds is 5. The van der Waals surface area contributed by atoms with E-state index in [2.05, 4.69) is 16.7 Å². The topological polar surface area (TPSA) is 142 Å². The Morgan fingerprint density at radius 2 is 2.02 bits per heavy atom. The number of carbonyl (C=O) groups excluding carboxylic acids is 2. The smallest absolute Gasteiger partial charge is 0.410 e. The summed E-state index contributed by atoms with van der Waals surface area (Å²) in [6.07, 6.45) is 1.85. The fourth-order valence-corrected chi connectivity index (χ4v) is 7.03. The van der Waals surface area contributed by atoms with Crippen molar-refractivity contribution in [1.82, 2.24) is 24.8 Å². The van der Waals surface area contributed by atoms with Crippen molar-refractivity contribution in [2.45, 2.75) is 44.8 Å². The number of nitrogens with zero attached hydrogens (tertiary/aromatic N) is 5. The van der Waals surface area contributed by atoms with Gasteiger partial charge in [0.05, 0.1) is 40.8 Å². The first-order valence-corrected chi connectivity index (χ1v) is 14.7. The second kappa shape index (κ2) is 10.3. The zero-order valence-corrected chi connectivity index (χ0v) is 23.7. The third-order valence-electron chi connectivity index (χ3n) is 8.20. The molecule has 2 amide bonds. The van der Waals surface area contributed by atoms with E-state index in [4.69, 9.17) is 20.0 Å². The molecule has 3 aliphatic rings. The molecule has 0 radical (unpaired) electrons. The maximum absolute atomic E-state index is 13.9. The molecule has 212 valence electrons. The fraction of sp³-hybridized carbons (Fsp3) is 0.333. The van der Waals surface area contributed by atoms with Crippen molar-refractivity contribution in [3.63, 3.8) is 0 Å². The number of hydrogen-bond acceptors (Lipinski definition) is 9. The minimum absolute atomic E-state index is 0.0116. The van der Waals surface area contributed by atoms with Gasteiger partial charge in [0, 0.05) is 36.8 Å². The number of nitrogens with one attached hydrogen (secondary N) is 2. The van der Waals surface area contributed by atoms with E-state index in [0.29, 0.717) is 64.8 Å². The van der Waals surface area contributed by atoms with Crippen molar-refractivity contribution >= 4 is 39.9 Å². The van der Waals surface area contributed by atoms with E-state index >= 15 is 0 Å². The van der Waals surface area contributed by atoms with Crippen LogP contribution in [0.2, 0.25) is 0 Å². The van der Waals surface area contributed by atoms with Crippen LogP contribution >= 0.6 is 11.3 Å². The summed E-state index contributed by atoms with van der Waals surface area (Å²) >= 11 is 1.34. The van der Waals surface area contributed by atoms with Gasteiger partial charge in [0.1, 0.15) is 22.3 Å². The van der Waals surface area contributed by atoms with Gasteiger partial charge in [-0.25, -0.2) is 14.8 Å². The number of aryl methyl sites for hydroxylation is 1. The highest BCUT2D eigenvalue weighted by molar-refractivity contribution is 7.17. The Morgan fingerprint density at radius 1 is 1.19 bits per heavy atom. The highest BCUT2D eigenvalue weighted by Crippen LogP contribution is 2.38. The molecule has 11 nitrogen and oxygen atoms in total. The highest BCUT2D eigenvalue weighted by Gasteiger charge is 2.38. The summed E-state index contributed by atoms with van der Waals surface area (Å²) in [4.78, 5) is 50.5. The quantitative estimate of drug-likeness (QED) is 0.365. The zero-order chi connectivity index (χ0) is 29.0. The minimum Gasteiger partial charge on any atom is -0.447 e. The summed E-state index contributed by atoms with van der Waals surface area (Å²) in [5.74, 6) is 0.452. The van der Waals surface area contributed by atoms with E-state index in [-0.39, 0.29) is 29.6 Å². The zero-order valence-electron chi connectivity index (χ0n) is 22.8. The van der Waals surface area contributed by atoms with E-state index in [0.717, 1.165) is 35.3 Å². The van der Waals surface area contributed by atoms with Crippen molar-refractivity contribution in [2.75, 3.05) is 25.0 Å². The second-order valence-electron chi connectivity index (χ2n) is 10.9. The molecule has 2 saturated heterocycles. The van der Waals surface area contributed by atoms with E-state index in [1.54, 1.807) is 21.6 Å². The van der Waals surface area contributed by atoms with Gasteiger partial charge in [0.2, 0.25) is 0 Å².